The Morgan fingerprint density at radius 3 is 1.41 bits per heavy atom. The van der Waals surface area contributed by atoms with Gasteiger partial charge in [-0.2, -0.15) is 0 Å². The Balaban J connectivity index is 1.12. The standard InChI is InChI=1S/C52H42ClN/c53-49-33-45(54(43-23-19-38(20-24-43)36-11-4-1-5-12-36)44-25-21-39(22-26-44)37-13-6-2-7-14-37)32-48-50(49)47-18-10-17-46(40-15-8-3-9-16-40)51(47)52(48)41-28-34-27-35(30-41)31-42(52)29-34/h1-26,32-35,41-42H,27-31H2. The minimum Gasteiger partial charge on any atom is -0.310 e. The minimum absolute atomic E-state index is 0.0514. The van der Waals surface area contributed by atoms with Crippen LogP contribution in [0.25, 0.3) is 44.5 Å². The van der Waals surface area contributed by atoms with Crippen LogP contribution in [0.4, 0.5) is 17.1 Å². The number of rotatable bonds is 6. The summed E-state index contributed by atoms with van der Waals surface area (Å²) in [5.74, 6) is 2.95. The molecule has 7 aromatic rings. The van der Waals surface area contributed by atoms with Crippen molar-refractivity contribution in [3.8, 4) is 44.5 Å². The highest BCUT2D eigenvalue weighted by Gasteiger charge is 2.62. The maximum absolute atomic E-state index is 7.70. The van der Waals surface area contributed by atoms with Crippen molar-refractivity contribution >= 4 is 28.7 Å². The van der Waals surface area contributed by atoms with Gasteiger partial charge in [0.25, 0.3) is 0 Å². The van der Waals surface area contributed by atoms with Crippen molar-refractivity contribution in [1.29, 1.82) is 0 Å². The minimum atomic E-state index is -0.0514. The van der Waals surface area contributed by atoms with Gasteiger partial charge in [0.15, 0.2) is 0 Å². The fourth-order valence-electron chi connectivity index (χ4n) is 11.6. The van der Waals surface area contributed by atoms with Crippen LogP contribution in [0.15, 0.2) is 170 Å². The third-order valence-electron chi connectivity index (χ3n) is 13.5. The second-order valence-corrected chi connectivity index (χ2v) is 16.7. The molecule has 0 N–H and O–H groups in total. The summed E-state index contributed by atoms with van der Waals surface area (Å²) in [6, 6.07) is 62.4. The summed E-state index contributed by atoms with van der Waals surface area (Å²) in [5, 5.41) is 0.853. The Hall–Kier alpha value is -5.37. The van der Waals surface area contributed by atoms with Gasteiger partial charge in [-0.3, -0.25) is 0 Å². The quantitative estimate of drug-likeness (QED) is 0.166. The van der Waals surface area contributed by atoms with Crippen LogP contribution in [0, 0.1) is 23.7 Å². The predicted molar refractivity (Wildman–Crippen MR) is 226 cm³/mol. The molecule has 0 atom stereocenters. The van der Waals surface area contributed by atoms with E-state index in [1.54, 1.807) is 5.56 Å². The molecule has 4 saturated carbocycles. The van der Waals surface area contributed by atoms with Gasteiger partial charge in [-0.25, -0.2) is 0 Å². The molecular weight excluding hydrogens is 674 g/mol. The summed E-state index contributed by atoms with van der Waals surface area (Å²) in [6.07, 6.45) is 6.71. The lowest BCUT2D eigenvalue weighted by Crippen LogP contribution is -2.55. The maximum atomic E-state index is 7.70. The zero-order valence-electron chi connectivity index (χ0n) is 30.3. The van der Waals surface area contributed by atoms with Crippen LogP contribution in [-0.4, -0.2) is 0 Å². The first-order chi connectivity index (χ1) is 26.6. The third kappa shape index (κ3) is 4.91. The average Bonchev–Trinajstić information content (AvgIpc) is 3.52. The van der Waals surface area contributed by atoms with E-state index in [-0.39, 0.29) is 5.41 Å². The topological polar surface area (TPSA) is 3.24 Å². The Bertz CT molecular complexity index is 2380. The average molecular weight is 716 g/mol. The van der Waals surface area contributed by atoms with Gasteiger partial charge in [-0.15, -0.1) is 0 Å². The molecule has 7 aromatic carbocycles. The zero-order chi connectivity index (χ0) is 35.8. The van der Waals surface area contributed by atoms with E-state index in [0.29, 0.717) is 11.8 Å². The molecule has 0 aromatic heterocycles. The monoisotopic (exact) mass is 715 g/mol. The summed E-state index contributed by atoms with van der Waals surface area (Å²) in [6.45, 7) is 0. The van der Waals surface area contributed by atoms with E-state index in [9.17, 15) is 0 Å². The fourth-order valence-corrected chi connectivity index (χ4v) is 11.9. The molecule has 5 aliphatic rings. The number of hydrogen-bond acceptors (Lipinski definition) is 1. The first kappa shape index (κ1) is 32.1. The molecule has 0 heterocycles. The molecule has 0 saturated heterocycles. The Morgan fingerprint density at radius 2 is 0.889 bits per heavy atom. The predicted octanol–water partition coefficient (Wildman–Crippen LogP) is 14.5. The number of fused-ring (bicyclic) bond motifs is 3. The van der Waals surface area contributed by atoms with E-state index < -0.39 is 0 Å². The van der Waals surface area contributed by atoms with Crippen molar-refractivity contribution in [2.75, 3.05) is 4.90 Å². The van der Waals surface area contributed by atoms with Gasteiger partial charge in [0.1, 0.15) is 0 Å². The SMILES string of the molecule is Clc1cc(N(c2ccc(-c3ccccc3)cc2)c2ccc(-c3ccccc3)cc2)cc2c1-c1cccc(-c3ccccc3)c1C21C2CC3CC(C2)CC1C3. The lowest BCUT2D eigenvalue weighted by molar-refractivity contribution is -0.0397. The van der Waals surface area contributed by atoms with Crippen LogP contribution in [0.5, 0.6) is 0 Å². The van der Waals surface area contributed by atoms with E-state index in [2.05, 4.69) is 175 Å². The summed E-state index contributed by atoms with van der Waals surface area (Å²) in [7, 11) is 0. The second-order valence-electron chi connectivity index (χ2n) is 16.3. The lowest BCUT2D eigenvalue weighted by Gasteiger charge is -2.61. The smallest absolute Gasteiger partial charge is 0.0508 e. The van der Waals surface area contributed by atoms with Crippen LogP contribution in [0.2, 0.25) is 5.02 Å². The number of halogens is 1. The van der Waals surface area contributed by atoms with Gasteiger partial charge in [-0.1, -0.05) is 145 Å². The third-order valence-corrected chi connectivity index (χ3v) is 13.8. The van der Waals surface area contributed by atoms with Crippen molar-refractivity contribution in [3.63, 3.8) is 0 Å². The molecule has 0 aliphatic heterocycles. The van der Waals surface area contributed by atoms with E-state index in [4.69, 9.17) is 11.6 Å². The lowest BCUT2D eigenvalue weighted by atomic mass is 9.42. The van der Waals surface area contributed by atoms with Crippen LogP contribution in [0.1, 0.15) is 43.2 Å². The van der Waals surface area contributed by atoms with Crippen LogP contribution >= 0.6 is 11.6 Å². The highest BCUT2D eigenvalue weighted by Crippen LogP contribution is 2.71. The second kappa shape index (κ2) is 12.6. The molecule has 0 amide bonds. The first-order valence-electron chi connectivity index (χ1n) is 19.8. The zero-order valence-corrected chi connectivity index (χ0v) is 31.1. The van der Waals surface area contributed by atoms with Crippen LogP contribution < -0.4 is 4.90 Å². The Labute approximate surface area is 323 Å². The van der Waals surface area contributed by atoms with Gasteiger partial charge >= 0.3 is 0 Å². The van der Waals surface area contributed by atoms with Gasteiger partial charge < -0.3 is 4.90 Å². The number of hydrogen-bond donors (Lipinski definition) is 0. The number of nitrogens with zero attached hydrogens (tertiary/aromatic N) is 1. The highest BCUT2D eigenvalue weighted by atomic mass is 35.5. The summed E-state index contributed by atoms with van der Waals surface area (Å²) in [5.41, 5.74) is 16.5. The summed E-state index contributed by atoms with van der Waals surface area (Å²) >= 11 is 7.70. The molecule has 4 bridgehead atoms. The largest absolute Gasteiger partial charge is 0.310 e. The van der Waals surface area contributed by atoms with Gasteiger partial charge in [0, 0.05) is 28.0 Å². The molecular formula is C52H42ClN. The Morgan fingerprint density at radius 1 is 0.426 bits per heavy atom. The molecule has 2 heteroatoms. The van der Waals surface area contributed by atoms with E-state index in [1.807, 2.05) is 0 Å². The normalized spacial score (nSPS) is 23.0. The van der Waals surface area contributed by atoms with E-state index >= 15 is 0 Å². The molecule has 262 valence electrons. The van der Waals surface area contributed by atoms with Crippen molar-refractivity contribution < 1.29 is 0 Å². The molecule has 12 rings (SSSR count). The number of anilines is 3. The highest BCUT2D eigenvalue weighted by molar-refractivity contribution is 6.34. The van der Waals surface area contributed by atoms with Gasteiger partial charge in [-0.05, 0) is 142 Å². The molecule has 0 unspecified atom stereocenters. The maximum Gasteiger partial charge on any atom is 0.0508 e. The Kier molecular flexibility index (Phi) is 7.49. The fraction of sp³-hybridized carbons (Fsp3) is 0.192. The molecule has 4 fully saturated rings. The van der Waals surface area contributed by atoms with E-state index in [0.717, 1.165) is 33.9 Å². The van der Waals surface area contributed by atoms with Crippen molar-refractivity contribution in [1.82, 2.24) is 0 Å². The first-order valence-corrected chi connectivity index (χ1v) is 20.2. The number of benzene rings is 7. The van der Waals surface area contributed by atoms with Gasteiger partial charge in [0.2, 0.25) is 0 Å². The molecule has 1 spiro atoms. The van der Waals surface area contributed by atoms with E-state index in [1.165, 1.54) is 82.2 Å². The molecule has 0 radical (unpaired) electrons. The molecule has 54 heavy (non-hydrogen) atoms. The van der Waals surface area contributed by atoms with Crippen molar-refractivity contribution in [3.05, 3.63) is 186 Å². The summed E-state index contributed by atoms with van der Waals surface area (Å²) < 4.78 is 0. The summed E-state index contributed by atoms with van der Waals surface area (Å²) in [4.78, 5) is 2.43. The molecule has 5 aliphatic carbocycles. The molecule has 1 nitrogen and oxygen atoms in total. The van der Waals surface area contributed by atoms with Crippen molar-refractivity contribution in [2.24, 2.45) is 23.7 Å². The van der Waals surface area contributed by atoms with Crippen LogP contribution in [0.3, 0.4) is 0 Å². The van der Waals surface area contributed by atoms with Gasteiger partial charge in [0.05, 0.1) is 5.02 Å². The van der Waals surface area contributed by atoms with Crippen molar-refractivity contribution in [2.45, 2.75) is 37.5 Å². The van der Waals surface area contributed by atoms with Crippen LogP contribution in [-0.2, 0) is 5.41 Å².